The molecule has 0 spiro atoms. The van der Waals surface area contributed by atoms with E-state index in [1.807, 2.05) is 13.8 Å². The van der Waals surface area contributed by atoms with Crippen LogP contribution in [0, 0.1) is 23.0 Å². The second kappa shape index (κ2) is 7.51. The lowest BCUT2D eigenvalue weighted by atomic mass is 9.57. The number of halogens is 2. The lowest BCUT2D eigenvalue weighted by molar-refractivity contribution is -0.106. The Morgan fingerprint density at radius 1 is 1.38 bits per heavy atom. The Balaban J connectivity index is 1.67. The number of hydrogen-bond acceptors (Lipinski definition) is 2. The average molecular weight is 365 g/mol. The zero-order chi connectivity index (χ0) is 18.9. The normalized spacial score (nSPS) is 28.2. The molecule has 4 unspecified atom stereocenters. The minimum absolute atomic E-state index is 0.0615. The Kier molecular flexibility index (Phi) is 5.51. The molecule has 0 bridgehead atoms. The number of fused-ring (bicyclic) bond motifs is 1. The maximum absolute atomic E-state index is 14.0. The first-order chi connectivity index (χ1) is 12.3. The molecule has 0 radical (unpaired) electrons. The van der Waals surface area contributed by atoms with Gasteiger partial charge in [0.1, 0.15) is 11.6 Å². The summed E-state index contributed by atoms with van der Waals surface area (Å²) >= 11 is 0. The molecule has 2 aliphatic rings. The molecule has 4 atom stereocenters. The number of guanidine groups is 1. The summed E-state index contributed by atoms with van der Waals surface area (Å²) in [6, 6.07) is 4.03. The van der Waals surface area contributed by atoms with Gasteiger partial charge in [-0.1, -0.05) is 26.8 Å². The fourth-order valence-corrected chi connectivity index (χ4v) is 4.31. The van der Waals surface area contributed by atoms with E-state index in [0.717, 1.165) is 31.6 Å². The average Bonchev–Trinajstić information content (AvgIpc) is 3.04. The van der Waals surface area contributed by atoms with Crippen LogP contribution in [0.4, 0.5) is 8.78 Å². The number of nitrogens with zero attached hydrogens (tertiary/aromatic N) is 1. The third kappa shape index (κ3) is 3.56. The molecule has 26 heavy (non-hydrogen) atoms. The summed E-state index contributed by atoms with van der Waals surface area (Å²) < 4.78 is 32.9. The Labute approximate surface area is 154 Å². The first-order valence-corrected chi connectivity index (χ1v) is 9.46. The summed E-state index contributed by atoms with van der Waals surface area (Å²) in [7, 11) is 0. The predicted molar refractivity (Wildman–Crippen MR) is 99.3 cm³/mol. The lowest BCUT2D eigenvalue weighted by Crippen LogP contribution is -2.68. The number of benzene rings is 1. The van der Waals surface area contributed by atoms with Crippen LogP contribution in [0.3, 0.4) is 0 Å². The fraction of sp³-hybridized carbons (Fsp3) is 0.650. The van der Waals surface area contributed by atoms with E-state index in [0.29, 0.717) is 30.2 Å². The highest BCUT2D eigenvalue weighted by Gasteiger charge is 2.59. The largest absolute Gasteiger partial charge is 0.377 e. The molecule has 1 aromatic carbocycles. The highest BCUT2D eigenvalue weighted by Crippen LogP contribution is 2.52. The van der Waals surface area contributed by atoms with Gasteiger partial charge in [-0.15, -0.1) is 0 Å². The van der Waals surface area contributed by atoms with Crippen molar-refractivity contribution in [3.05, 3.63) is 35.4 Å². The van der Waals surface area contributed by atoms with E-state index >= 15 is 0 Å². The smallest absolute Gasteiger partial charge is 0.191 e. The van der Waals surface area contributed by atoms with Crippen LogP contribution < -0.4 is 10.6 Å². The SMILES string of the molecule is CCNC(=NCC(C)c1ccc(F)cc1F)NC1C2CCOC2C1(C)C. The molecule has 2 N–H and O–H groups in total. The number of aliphatic imine (C=N–C) groups is 1. The topological polar surface area (TPSA) is 45.7 Å². The lowest BCUT2D eigenvalue weighted by Gasteiger charge is -2.54. The van der Waals surface area contributed by atoms with Crippen LogP contribution in [0.5, 0.6) is 0 Å². The van der Waals surface area contributed by atoms with E-state index in [9.17, 15) is 8.78 Å². The van der Waals surface area contributed by atoms with Gasteiger partial charge >= 0.3 is 0 Å². The zero-order valence-corrected chi connectivity index (χ0v) is 16.0. The second-order valence-electron chi connectivity index (χ2n) is 7.97. The maximum Gasteiger partial charge on any atom is 0.191 e. The second-order valence-corrected chi connectivity index (χ2v) is 7.97. The van der Waals surface area contributed by atoms with Gasteiger partial charge in [0, 0.05) is 49.1 Å². The summed E-state index contributed by atoms with van der Waals surface area (Å²) in [6.45, 7) is 10.4. The molecule has 1 saturated heterocycles. The van der Waals surface area contributed by atoms with Crippen molar-refractivity contribution in [1.29, 1.82) is 0 Å². The molecule has 1 aromatic rings. The summed E-state index contributed by atoms with van der Waals surface area (Å²) in [6.07, 6.45) is 1.39. The fourth-order valence-electron chi connectivity index (χ4n) is 4.31. The minimum Gasteiger partial charge on any atom is -0.377 e. The van der Waals surface area contributed by atoms with Crippen molar-refractivity contribution in [1.82, 2.24) is 10.6 Å². The quantitative estimate of drug-likeness (QED) is 0.621. The van der Waals surface area contributed by atoms with Crippen molar-refractivity contribution in [2.75, 3.05) is 19.7 Å². The van der Waals surface area contributed by atoms with Crippen molar-refractivity contribution in [2.45, 2.75) is 52.2 Å². The third-order valence-electron chi connectivity index (χ3n) is 5.75. The molecule has 3 rings (SSSR count). The van der Waals surface area contributed by atoms with Gasteiger partial charge < -0.3 is 15.4 Å². The van der Waals surface area contributed by atoms with Crippen molar-refractivity contribution in [3.63, 3.8) is 0 Å². The summed E-state index contributed by atoms with van der Waals surface area (Å²) in [5.41, 5.74) is 0.547. The maximum atomic E-state index is 14.0. The van der Waals surface area contributed by atoms with Gasteiger partial charge in [-0.3, -0.25) is 4.99 Å². The molecule has 144 valence electrons. The van der Waals surface area contributed by atoms with Crippen LogP contribution in [-0.4, -0.2) is 37.8 Å². The van der Waals surface area contributed by atoms with Crippen molar-refractivity contribution in [2.24, 2.45) is 16.3 Å². The first-order valence-electron chi connectivity index (χ1n) is 9.46. The molecule has 1 aliphatic carbocycles. The molecule has 0 amide bonds. The van der Waals surface area contributed by atoms with Gasteiger partial charge in [0.2, 0.25) is 0 Å². The van der Waals surface area contributed by atoms with E-state index in [4.69, 9.17) is 4.74 Å². The van der Waals surface area contributed by atoms with Gasteiger partial charge in [0.25, 0.3) is 0 Å². The summed E-state index contributed by atoms with van der Waals surface area (Å²) in [5, 5.41) is 6.83. The molecule has 1 saturated carbocycles. The van der Waals surface area contributed by atoms with E-state index in [-0.39, 0.29) is 11.3 Å². The molecule has 6 heteroatoms. The third-order valence-corrected chi connectivity index (χ3v) is 5.75. The van der Waals surface area contributed by atoms with Crippen molar-refractivity contribution in [3.8, 4) is 0 Å². The van der Waals surface area contributed by atoms with Crippen LogP contribution in [-0.2, 0) is 4.74 Å². The Hall–Kier alpha value is -1.69. The standard InChI is InChI=1S/C20H29F2N3O/c1-5-23-19(25-17-15-8-9-26-18(15)20(17,3)4)24-11-12(2)14-7-6-13(21)10-16(14)22/h6-7,10,12,15,17-18H,5,8-9,11H2,1-4H3,(H2,23,24,25). The minimum atomic E-state index is -0.558. The van der Waals surface area contributed by atoms with Crippen LogP contribution in [0.25, 0.3) is 0 Å². The predicted octanol–water partition coefficient (Wildman–Crippen LogP) is 3.44. The number of ether oxygens (including phenoxy) is 1. The summed E-state index contributed by atoms with van der Waals surface area (Å²) in [4.78, 5) is 4.65. The summed E-state index contributed by atoms with van der Waals surface area (Å²) in [5.74, 6) is 0.0448. The highest BCUT2D eigenvalue weighted by atomic mass is 19.1. The highest BCUT2D eigenvalue weighted by molar-refractivity contribution is 5.80. The van der Waals surface area contributed by atoms with E-state index in [2.05, 4.69) is 29.5 Å². The number of rotatable bonds is 5. The molecule has 1 aliphatic heterocycles. The van der Waals surface area contributed by atoms with Crippen molar-refractivity contribution >= 4 is 5.96 Å². The molecular weight excluding hydrogens is 336 g/mol. The number of hydrogen-bond donors (Lipinski definition) is 2. The molecule has 4 nitrogen and oxygen atoms in total. The van der Waals surface area contributed by atoms with Gasteiger partial charge in [-0.05, 0) is 25.0 Å². The Bertz CT molecular complexity index is 677. The zero-order valence-electron chi connectivity index (χ0n) is 16.0. The monoisotopic (exact) mass is 365 g/mol. The Morgan fingerprint density at radius 3 is 2.85 bits per heavy atom. The van der Waals surface area contributed by atoms with E-state index in [1.54, 1.807) is 0 Å². The van der Waals surface area contributed by atoms with Crippen LogP contribution in [0.2, 0.25) is 0 Å². The van der Waals surface area contributed by atoms with Gasteiger partial charge in [0.15, 0.2) is 5.96 Å². The van der Waals surface area contributed by atoms with Crippen LogP contribution >= 0.6 is 0 Å². The molecular formula is C20H29F2N3O. The molecule has 2 fully saturated rings. The first kappa shape index (κ1) is 19.1. The molecule has 0 aromatic heterocycles. The van der Waals surface area contributed by atoms with E-state index in [1.165, 1.54) is 12.1 Å². The molecule has 1 heterocycles. The van der Waals surface area contributed by atoms with Crippen LogP contribution in [0.15, 0.2) is 23.2 Å². The van der Waals surface area contributed by atoms with E-state index < -0.39 is 11.6 Å². The van der Waals surface area contributed by atoms with Gasteiger partial charge in [-0.2, -0.15) is 0 Å². The van der Waals surface area contributed by atoms with Crippen molar-refractivity contribution < 1.29 is 13.5 Å². The Morgan fingerprint density at radius 2 is 2.15 bits per heavy atom. The van der Waals surface area contributed by atoms with Gasteiger partial charge in [-0.25, -0.2) is 8.78 Å². The van der Waals surface area contributed by atoms with Crippen LogP contribution in [0.1, 0.15) is 45.6 Å². The van der Waals surface area contributed by atoms with Gasteiger partial charge in [0.05, 0.1) is 6.10 Å². The number of nitrogens with one attached hydrogen (secondary N) is 2.